The summed E-state index contributed by atoms with van der Waals surface area (Å²) in [6, 6.07) is 17.9. The van der Waals surface area contributed by atoms with Crippen molar-refractivity contribution in [1.82, 2.24) is 14.7 Å². The highest BCUT2D eigenvalue weighted by Crippen LogP contribution is 2.24. The molecule has 2 heterocycles. The van der Waals surface area contributed by atoms with Crippen molar-refractivity contribution in [2.45, 2.75) is 25.8 Å². The molecule has 2 aliphatic heterocycles. The average Bonchev–Trinajstić information content (AvgIpc) is 2.87. The molecule has 0 atom stereocenters. The van der Waals surface area contributed by atoms with E-state index in [1.165, 1.54) is 0 Å². The number of nitrogens with one attached hydrogen (secondary N) is 1. The van der Waals surface area contributed by atoms with Gasteiger partial charge in [-0.15, -0.1) is 0 Å². The first-order valence-corrected chi connectivity index (χ1v) is 12.5. The van der Waals surface area contributed by atoms with Crippen molar-refractivity contribution in [3.05, 3.63) is 54.6 Å². The number of carbonyl (C=O) groups excluding carboxylic acids is 1. The predicted octanol–water partition coefficient (Wildman–Crippen LogP) is 3.82. The van der Waals surface area contributed by atoms with E-state index >= 15 is 0 Å². The lowest BCUT2D eigenvalue weighted by Crippen LogP contribution is -2.52. The highest BCUT2D eigenvalue weighted by Gasteiger charge is 2.27. The number of thiocarbonyl (C=S) groups is 1. The minimum absolute atomic E-state index is 0.150. The van der Waals surface area contributed by atoms with Gasteiger partial charge in [0, 0.05) is 57.9 Å². The fourth-order valence-corrected chi connectivity index (χ4v) is 4.80. The number of likely N-dealkylation sites (tertiary alicyclic amines) is 1. The summed E-state index contributed by atoms with van der Waals surface area (Å²) in [4.78, 5) is 18.4. The molecule has 182 valence electrons. The maximum absolute atomic E-state index is 11.8. The number of amides is 1. The Morgan fingerprint density at radius 1 is 1.03 bits per heavy atom. The molecule has 34 heavy (non-hydrogen) atoms. The Bertz CT molecular complexity index is 927. The fraction of sp³-hybridized carbons (Fsp3) is 0.462. The molecule has 2 aliphatic rings. The Balaban J connectivity index is 1.38. The highest BCUT2D eigenvalue weighted by molar-refractivity contribution is 7.80. The molecule has 0 spiro atoms. The van der Waals surface area contributed by atoms with Crippen molar-refractivity contribution in [3.63, 3.8) is 0 Å². The highest BCUT2D eigenvalue weighted by atomic mass is 32.1. The number of rotatable bonds is 7. The van der Waals surface area contributed by atoms with Gasteiger partial charge in [0.25, 0.3) is 0 Å². The van der Waals surface area contributed by atoms with Gasteiger partial charge in [0.05, 0.1) is 13.2 Å². The number of carbonyl (C=O) groups is 1. The maximum Gasteiger partial charge on any atom is 0.219 e. The molecule has 7 nitrogen and oxygen atoms in total. The van der Waals surface area contributed by atoms with Crippen molar-refractivity contribution in [1.29, 1.82) is 0 Å². The van der Waals surface area contributed by atoms with Gasteiger partial charge in [-0.2, -0.15) is 0 Å². The molecule has 4 rings (SSSR count). The van der Waals surface area contributed by atoms with E-state index in [2.05, 4.69) is 15.1 Å². The van der Waals surface area contributed by atoms with E-state index in [-0.39, 0.29) is 5.91 Å². The largest absolute Gasteiger partial charge is 0.457 e. The first kappa shape index (κ1) is 24.4. The van der Waals surface area contributed by atoms with E-state index in [1.807, 2.05) is 59.5 Å². The summed E-state index contributed by atoms with van der Waals surface area (Å²) < 4.78 is 11.4. The fourth-order valence-electron chi connectivity index (χ4n) is 4.44. The van der Waals surface area contributed by atoms with Crippen LogP contribution in [-0.2, 0) is 9.53 Å². The molecule has 2 saturated heterocycles. The van der Waals surface area contributed by atoms with Crippen molar-refractivity contribution >= 4 is 28.9 Å². The number of morpholine rings is 1. The molecule has 0 bridgehead atoms. The van der Waals surface area contributed by atoms with Crippen LogP contribution >= 0.6 is 12.2 Å². The third-order valence-corrected chi connectivity index (χ3v) is 6.79. The molecule has 0 radical (unpaired) electrons. The number of hydrogen-bond acceptors (Lipinski definition) is 5. The number of hydrogen-bond donors (Lipinski definition) is 1. The zero-order valence-electron chi connectivity index (χ0n) is 19.8. The van der Waals surface area contributed by atoms with Crippen molar-refractivity contribution in [2.24, 2.45) is 0 Å². The van der Waals surface area contributed by atoms with Gasteiger partial charge in [-0.3, -0.25) is 9.69 Å². The topological polar surface area (TPSA) is 57.3 Å². The van der Waals surface area contributed by atoms with Gasteiger partial charge in [0.15, 0.2) is 5.11 Å². The van der Waals surface area contributed by atoms with Crippen LogP contribution in [0, 0.1) is 0 Å². The molecule has 2 aromatic rings. The molecule has 1 N–H and O–H groups in total. The Morgan fingerprint density at radius 2 is 1.68 bits per heavy atom. The van der Waals surface area contributed by atoms with E-state index in [0.717, 1.165) is 87.6 Å². The van der Waals surface area contributed by atoms with Gasteiger partial charge in [0.2, 0.25) is 5.91 Å². The van der Waals surface area contributed by atoms with E-state index in [4.69, 9.17) is 21.7 Å². The molecule has 0 unspecified atom stereocenters. The van der Waals surface area contributed by atoms with Crippen LogP contribution in [0.5, 0.6) is 11.5 Å². The SMILES string of the molecule is CC(=O)N1CCC(N(CCN2CCOCC2)C(=S)Nc2ccc(Oc3ccccc3)cc2)CC1. The number of ether oxygens (including phenoxy) is 2. The van der Waals surface area contributed by atoms with Crippen molar-refractivity contribution in [2.75, 3.05) is 57.8 Å². The number of piperidine rings is 1. The van der Waals surface area contributed by atoms with Gasteiger partial charge in [-0.1, -0.05) is 18.2 Å². The molecule has 1 amide bonds. The zero-order chi connectivity index (χ0) is 23.8. The lowest BCUT2D eigenvalue weighted by Gasteiger charge is -2.40. The van der Waals surface area contributed by atoms with Gasteiger partial charge in [-0.25, -0.2) is 0 Å². The van der Waals surface area contributed by atoms with Crippen LogP contribution in [0.25, 0.3) is 0 Å². The van der Waals surface area contributed by atoms with Crippen LogP contribution in [0.2, 0.25) is 0 Å². The standard InChI is InChI=1S/C26H34N4O3S/c1-21(31)29-13-11-23(12-14-29)30(16-15-28-17-19-32-20-18-28)26(34)27-22-7-9-25(10-8-22)33-24-5-3-2-4-6-24/h2-10,23H,11-20H2,1H3,(H,27,34). The smallest absolute Gasteiger partial charge is 0.219 e. The summed E-state index contributed by atoms with van der Waals surface area (Å²) in [5.41, 5.74) is 0.933. The minimum Gasteiger partial charge on any atom is -0.457 e. The van der Waals surface area contributed by atoms with Crippen LogP contribution in [0.3, 0.4) is 0 Å². The second kappa shape index (κ2) is 12.1. The molecular formula is C26H34N4O3S. The molecule has 0 aliphatic carbocycles. The molecule has 2 aromatic carbocycles. The number of anilines is 1. The summed E-state index contributed by atoms with van der Waals surface area (Å²) in [7, 11) is 0. The number of nitrogens with zero attached hydrogens (tertiary/aromatic N) is 3. The summed E-state index contributed by atoms with van der Waals surface area (Å²) >= 11 is 5.88. The van der Waals surface area contributed by atoms with Crippen LogP contribution in [0.4, 0.5) is 5.69 Å². The lowest BCUT2D eigenvalue weighted by molar-refractivity contribution is -0.130. The van der Waals surface area contributed by atoms with Crippen LogP contribution < -0.4 is 10.1 Å². The zero-order valence-corrected chi connectivity index (χ0v) is 20.6. The first-order chi connectivity index (χ1) is 16.6. The Labute approximate surface area is 207 Å². The Morgan fingerprint density at radius 3 is 2.32 bits per heavy atom. The normalized spacial score (nSPS) is 17.3. The average molecular weight is 483 g/mol. The first-order valence-electron chi connectivity index (χ1n) is 12.0. The lowest BCUT2D eigenvalue weighted by atomic mass is 10.0. The molecular weight excluding hydrogens is 448 g/mol. The summed E-state index contributed by atoms with van der Waals surface area (Å²) in [5.74, 6) is 1.74. The Hall–Kier alpha value is -2.68. The number of para-hydroxylation sites is 1. The minimum atomic E-state index is 0.150. The van der Waals surface area contributed by atoms with Crippen LogP contribution in [0.15, 0.2) is 54.6 Å². The van der Waals surface area contributed by atoms with E-state index in [0.29, 0.717) is 6.04 Å². The van der Waals surface area contributed by atoms with E-state index < -0.39 is 0 Å². The van der Waals surface area contributed by atoms with Crippen LogP contribution in [0.1, 0.15) is 19.8 Å². The summed E-state index contributed by atoms with van der Waals surface area (Å²) in [6.07, 6.45) is 1.85. The van der Waals surface area contributed by atoms with Gasteiger partial charge in [0.1, 0.15) is 11.5 Å². The predicted molar refractivity (Wildman–Crippen MR) is 138 cm³/mol. The van der Waals surface area contributed by atoms with Gasteiger partial charge < -0.3 is 24.6 Å². The second-order valence-electron chi connectivity index (χ2n) is 8.75. The van der Waals surface area contributed by atoms with Crippen molar-refractivity contribution < 1.29 is 14.3 Å². The second-order valence-corrected chi connectivity index (χ2v) is 9.14. The monoisotopic (exact) mass is 482 g/mol. The number of benzene rings is 2. The summed E-state index contributed by atoms with van der Waals surface area (Å²) in [6.45, 7) is 8.50. The third kappa shape index (κ3) is 6.91. The maximum atomic E-state index is 11.8. The van der Waals surface area contributed by atoms with Crippen LogP contribution in [-0.4, -0.2) is 84.2 Å². The van der Waals surface area contributed by atoms with Gasteiger partial charge >= 0.3 is 0 Å². The molecule has 0 aromatic heterocycles. The third-order valence-electron chi connectivity index (χ3n) is 6.46. The summed E-state index contributed by atoms with van der Waals surface area (Å²) in [5, 5.41) is 4.16. The molecule has 0 saturated carbocycles. The Kier molecular flexibility index (Phi) is 8.73. The van der Waals surface area contributed by atoms with E-state index in [9.17, 15) is 4.79 Å². The van der Waals surface area contributed by atoms with E-state index in [1.54, 1.807) is 6.92 Å². The molecule has 8 heteroatoms. The quantitative estimate of drug-likeness (QED) is 0.602. The van der Waals surface area contributed by atoms with Crippen molar-refractivity contribution in [3.8, 4) is 11.5 Å². The van der Waals surface area contributed by atoms with Gasteiger partial charge in [-0.05, 0) is 61.5 Å². The molecule has 2 fully saturated rings.